The second-order valence-corrected chi connectivity index (χ2v) is 8.51. The fraction of sp³-hybridized carbons (Fsp3) is 0.300. The summed E-state index contributed by atoms with van der Waals surface area (Å²) in [4.78, 5) is 14.8. The van der Waals surface area contributed by atoms with Crippen LogP contribution in [0, 0.1) is 5.82 Å². The number of hydrogen-bond donors (Lipinski definition) is 1. The topological polar surface area (TPSA) is 78.8 Å². The van der Waals surface area contributed by atoms with Gasteiger partial charge in [-0.25, -0.2) is 4.39 Å². The van der Waals surface area contributed by atoms with E-state index in [1.807, 2.05) is 0 Å². The van der Waals surface area contributed by atoms with Gasteiger partial charge in [-0.05, 0) is 49.1 Å². The number of halogens is 1. The van der Waals surface area contributed by atoms with Crippen LogP contribution in [0.2, 0.25) is 0 Å². The number of benzene rings is 2. The van der Waals surface area contributed by atoms with Crippen molar-refractivity contribution in [2.75, 3.05) is 6.54 Å². The van der Waals surface area contributed by atoms with Gasteiger partial charge >= 0.3 is 0 Å². The van der Waals surface area contributed by atoms with E-state index in [1.165, 1.54) is 18.2 Å². The number of likely N-dealkylation sites (tertiary alicyclic amines) is 1. The molecule has 2 aromatic carbocycles. The number of nitrogens with zero attached hydrogens (tertiary/aromatic N) is 2. The lowest BCUT2D eigenvalue weighted by molar-refractivity contribution is -0.126. The Morgan fingerprint density at radius 1 is 1.14 bits per heavy atom. The van der Waals surface area contributed by atoms with E-state index in [9.17, 15) is 17.6 Å². The van der Waals surface area contributed by atoms with Crippen LogP contribution in [0.3, 0.4) is 0 Å². The average Bonchev–Trinajstić information content (AvgIpc) is 2.98. The van der Waals surface area contributed by atoms with E-state index in [1.54, 1.807) is 35.2 Å². The number of rotatable bonds is 3. The fourth-order valence-corrected chi connectivity index (χ4v) is 4.88. The summed E-state index contributed by atoms with van der Waals surface area (Å²) in [5, 5.41) is 2.88. The summed E-state index contributed by atoms with van der Waals surface area (Å²) in [6.07, 6.45) is 2.37. The first-order chi connectivity index (χ1) is 13.5. The number of amidine groups is 1. The highest BCUT2D eigenvalue weighted by molar-refractivity contribution is 7.90. The summed E-state index contributed by atoms with van der Waals surface area (Å²) in [6.45, 7) is 0.849. The highest BCUT2D eigenvalue weighted by Gasteiger charge is 2.37. The predicted octanol–water partition coefficient (Wildman–Crippen LogP) is 2.45. The van der Waals surface area contributed by atoms with Crippen molar-refractivity contribution in [3.8, 4) is 0 Å². The molecule has 0 spiro atoms. The molecule has 0 aliphatic carbocycles. The largest absolute Gasteiger partial charge is 0.350 e. The monoisotopic (exact) mass is 401 g/mol. The minimum Gasteiger partial charge on any atom is -0.350 e. The molecule has 0 radical (unpaired) electrons. The molecular weight excluding hydrogens is 381 g/mol. The van der Waals surface area contributed by atoms with Crippen LogP contribution in [0.25, 0.3) is 0 Å². The molecule has 1 fully saturated rings. The van der Waals surface area contributed by atoms with Crippen LogP contribution in [0.15, 0.2) is 57.8 Å². The quantitative estimate of drug-likeness (QED) is 0.857. The van der Waals surface area contributed by atoms with Gasteiger partial charge in [0.25, 0.3) is 10.0 Å². The Balaban J connectivity index is 1.55. The zero-order chi connectivity index (χ0) is 19.7. The normalized spacial score (nSPS) is 20.4. The Hall–Kier alpha value is -2.74. The van der Waals surface area contributed by atoms with Crippen molar-refractivity contribution in [3.63, 3.8) is 0 Å². The van der Waals surface area contributed by atoms with Gasteiger partial charge in [-0.1, -0.05) is 24.3 Å². The van der Waals surface area contributed by atoms with E-state index < -0.39 is 16.1 Å². The third-order valence-electron chi connectivity index (χ3n) is 5.07. The molecule has 0 aromatic heterocycles. The molecule has 6 nitrogen and oxygen atoms in total. The Morgan fingerprint density at radius 3 is 2.68 bits per heavy atom. The van der Waals surface area contributed by atoms with Gasteiger partial charge in [-0.2, -0.15) is 8.42 Å². The molecule has 0 bridgehead atoms. The molecule has 1 amide bonds. The highest BCUT2D eigenvalue weighted by atomic mass is 32.2. The summed E-state index contributed by atoms with van der Waals surface area (Å²) in [5.41, 5.74) is 1.34. The van der Waals surface area contributed by atoms with Gasteiger partial charge in [-0.15, -0.1) is 4.40 Å². The second kappa shape index (κ2) is 7.35. The lowest BCUT2D eigenvalue weighted by Gasteiger charge is -2.36. The standard InChI is InChI=1S/C20H20FN3O3S/c21-15-10-8-14(9-11-15)13-22-20(25)17-6-3-4-12-24(17)19-16-5-1-2-7-18(16)28(26,27)23-19/h1-2,5,7-11,17H,3-4,6,12-13H2,(H,22,25)/t17-/m1/s1. The first kappa shape index (κ1) is 18.6. The lowest BCUT2D eigenvalue weighted by atomic mass is 9.99. The Labute approximate surface area is 163 Å². The van der Waals surface area contributed by atoms with Crippen LogP contribution in [0.5, 0.6) is 0 Å². The Kier molecular flexibility index (Phi) is 4.89. The molecule has 1 saturated heterocycles. The predicted molar refractivity (Wildman–Crippen MR) is 103 cm³/mol. The molecule has 146 valence electrons. The van der Waals surface area contributed by atoms with Crippen molar-refractivity contribution < 1.29 is 17.6 Å². The van der Waals surface area contributed by atoms with Gasteiger partial charge < -0.3 is 10.2 Å². The summed E-state index contributed by atoms with van der Waals surface area (Å²) in [7, 11) is -3.73. The average molecular weight is 401 g/mol. The maximum absolute atomic E-state index is 13.0. The van der Waals surface area contributed by atoms with Gasteiger partial charge in [0.1, 0.15) is 16.8 Å². The molecular formula is C20H20FN3O3S. The SMILES string of the molecule is O=C(NCc1ccc(F)cc1)[C@H]1CCCCN1C1=NS(=O)(=O)c2ccccc21. The molecule has 2 aliphatic rings. The van der Waals surface area contributed by atoms with Crippen molar-refractivity contribution >= 4 is 21.8 Å². The molecule has 8 heteroatoms. The second-order valence-electron chi connectivity index (χ2n) is 6.94. The molecule has 2 aliphatic heterocycles. The molecule has 0 unspecified atom stereocenters. The molecule has 4 rings (SSSR count). The zero-order valence-electron chi connectivity index (χ0n) is 15.1. The number of piperidine rings is 1. The van der Waals surface area contributed by atoms with Gasteiger partial charge in [0.05, 0.1) is 0 Å². The third-order valence-corrected chi connectivity index (χ3v) is 6.40. The van der Waals surface area contributed by atoms with Crippen molar-refractivity contribution in [2.24, 2.45) is 4.40 Å². The van der Waals surface area contributed by atoms with E-state index in [4.69, 9.17) is 0 Å². The van der Waals surface area contributed by atoms with Gasteiger partial charge in [-0.3, -0.25) is 4.79 Å². The van der Waals surface area contributed by atoms with Crippen molar-refractivity contribution in [2.45, 2.75) is 36.7 Å². The van der Waals surface area contributed by atoms with Crippen LogP contribution in [-0.2, 0) is 21.4 Å². The summed E-state index contributed by atoms with van der Waals surface area (Å²) in [5.74, 6) is -0.168. The minimum atomic E-state index is -3.73. The van der Waals surface area contributed by atoms with Crippen LogP contribution < -0.4 is 5.32 Å². The lowest BCUT2D eigenvalue weighted by Crippen LogP contribution is -2.51. The smallest absolute Gasteiger partial charge is 0.285 e. The van der Waals surface area contributed by atoms with Crippen molar-refractivity contribution in [1.29, 1.82) is 0 Å². The molecule has 1 atom stereocenters. The first-order valence-electron chi connectivity index (χ1n) is 9.19. The molecule has 28 heavy (non-hydrogen) atoms. The van der Waals surface area contributed by atoms with E-state index in [0.29, 0.717) is 24.4 Å². The number of hydrogen-bond acceptors (Lipinski definition) is 4. The maximum Gasteiger partial charge on any atom is 0.285 e. The molecule has 2 heterocycles. The molecule has 2 aromatic rings. The molecule has 0 saturated carbocycles. The Bertz CT molecular complexity index is 1030. The number of carbonyl (C=O) groups excluding carboxylic acids is 1. The van der Waals surface area contributed by atoms with Crippen molar-refractivity contribution in [3.05, 3.63) is 65.5 Å². The summed E-state index contributed by atoms with van der Waals surface area (Å²) >= 11 is 0. The van der Waals surface area contributed by atoms with Gasteiger partial charge in [0, 0.05) is 18.7 Å². The zero-order valence-corrected chi connectivity index (χ0v) is 16.0. The van der Waals surface area contributed by atoms with E-state index in [2.05, 4.69) is 9.71 Å². The number of amides is 1. The maximum atomic E-state index is 13.0. The number of carbonyl (C=O) groups is 1. The third kappa shape index (κ3) is 3.52. The number of sulfonamides is 1. The van der Waals surface area contributed by atoms with E-state index >= 15 is 0 Å². The van der Waals surface area contributed by atoms with Crippen LogP contribution in [0.4, 0.5) is 4.39 Å². The summed E-state index contributed by atoms with van der Waals surface area (Å²) < 4.78 is 41.7. The van der Waals surface area contributed by atoms with E-state index in [0.717, 1.165) is 18.4 Å². The number of fused-ring (bicyclic) bond motifs is 1. The van der Waals surface area contributed by atoms with Crippen LogP contribution in [0.1, 0.15) is 30.4 Å². The summed E-state index contributed by atoms with van der Waals surface area (Å²) in [6, 6.07) is 12.1. The van der Waals surface area contributed by atoms with Gasteiger partial charge in [0.15, 0.2) is 5.84 Å². The van der Waals surface area contributed by atoms with Crippen molar-refractivity contribution in [1.82, 2.24) is 10.2 Å². The fourth-order valence-electron chi connectivity index (χ4n) is 3.66. The van der Waals surface area contributed by atoms with Gasteiger partial charge in [0.2, 0.25) is 5.91 Å². The minimum absolute atomic E-state index is 0.182. The van der Waals surface area contributed by atoms with Crippen LogP contribution >= 0.6 is 0 Å². The molecule has 1 N–H and O–H groups in total. The highest BCUT2D eigenvalue weighted by Crippen LogP contribution is 2.30. The van der Waals surface area contributed by atoms with E-state index in [-0.39, 0.29) is 23.2 Å². The number of nitrogens with one attached hydrogen (secondary N) is 1. The first-order valence-corrected chi connectivity index (χ1v) is 10.6. The van der Waals surface area contributed by atoms with Crippen LogP contribution in [-0.4, -0.2) is 37.6 Å². The Morgan fingerprint density at radius 2 is 1.89 bits per heavy atom.